The molecule has 1 fully saturated rings. The number of anilines is 1. The van der Waals surface area contributed by atoms with Crippen LogP contribution in [0.5, 0.6) is 0 Å². The van der Waals surface area contributed by atoms with Crippen LogP contribution in [0, 0.1) is 0 Å². The number of morpholine rings is 1. The van der Waals surface area contributed by atoms with Crippen LogP contribution in [-0.4, -0.2) is 36.1 Å². The maximum atomic E-state index is 12.7. The lowest BCUT2D eigenvalue weighted by molar-refractivity contribution is -0.0444. The number of nitrogens with two attached hydrogens (primary N) is 1. The van der Waals surface area contributed by atoms with E-state index in [4.69, 9.17) is 10.5 Å². The number of ether oxygens (including phenoxy) is 1. The molecule has 4 nitrogen and oxygen atoms in total. The van der Waals surface area contributed by atoms with E-state index in [9.17, 15) is 4.79 Å². The molecule has 1 aliphatic rings. The minimum Gasteiger partial charge on any atom is -0.398 e. The summed E-state index contributed by atoms with van der Waals surface area (Å²) in [4.78, 5) is 14.6. The van der Waals surface area contributed by atoms with Gasteiger partial charge in [-0.1, -0.05) is 13.0 Å². The monoisotopic (exact) mass is 326 g/mol. The Labute approximate surface area is 122 Å². The molecule has 19 heavy (non-hydrogen) atoms. The lowest BCUT2D eigenvalue weighted by Gasteiger charge is -2.38. The standard InChI is InChI=1S/C14H19BrN2O2/c1-3-10-8-19-9(2)7-17(10)14(18)11-5-4-6-12(16)13(11)15/h4-6,9-10H,3,7-8,16H2,1-2H3. The number of amides is 1. The van der Waals surface area contributed by atoms with Gasteiger partial charge in [-0.15, -0.1) is 0 Å². The molecule has 5 heteroatoms. The Bertz CT molecular complexity index is 479. The van der Waals surface area contributed by atoms with E-state index in [0.717, 1.165) is 6.42 Å². The van der Waals surface area contributed by atoms with Gasteiger partial charge in [-0.3, -0.25) is 4.79 Å². The summed E-state index contributed by atoms with van der Waals surface area (Å²) in [5.74, 6) is 0.0150. The summed E-state index contributed by atoms with van der Waals surface area (Å²) < 4.78 is 6.30. The van der Waals surface area contributed by atoms with Gasteiger partial charge in [0.2, 0.25) is 0 Å². The number of carbonyl (C=O) groups is 1. The Morgan fingerprint density at radius 3 is 3.00 bits per heavy atom. The van der Waals surface area contributed by atoms with E-state index in [-0.39, 0.29) is 18.1 Å². The summed E-state index contributed by atoms with van der Waals surface area (Å²) in [7, 11) is 0. The van der Waals surface area contributed by atoms with Gasteiger partial charge in [-0.25, -0.2) is 0 Å². The van der Waals surface area contributed by atoms with E-state index in [2.05, 4.69) is 22.9 Å². The van der Waals surface area contributed by atoms with Crippen molar-refractivity contribution in [3.63, 3.8) is 0 Å². The third-order valence-electron chi connectivity index (χ3n) is 3.46. The fourth-order valence-corrected chi connectivity index (χ4v) is 2.73. The fraction of sp³-hybridized carbons (Fsp3) is 0.500. The molecular weight excluding hydrogens is 308 g/mol. The molecule has 1 aliphatic heterocycles. The number of halogens is 1. The predicted molar refractivity (Wildman–Crippen MR) is 79.1 cm³/mol. The first-order valence-electron chi connectivity index (χ1n) is 6.51. The molecule has 0 bridgehead atoms. The molecule has 0 saturated carbocycles. The quantitative estimate of drug-likeness (QED) is 0.850. The summed E-state index contributed by atoms with van der Waals surface area (Å²) in [5, 5.41) is 0. The number of benzene rings is 1. The summed E-state index contributed by atoms with van der Waals surface area (Å²) in [6.45, 7) is 5.28. The van der Waals surface area contributed by atoms with Gasteiger partial charge in [0.25, 0.3) is 5.91 Å². The number of hydrogen-bond acceptors (Lipinski definition) is 3. The van der Waals surface area contributed by atoms with Crippen LogP contribution in [0.2, 0.25) is 0 Å². The van der Waals surface area contributed by atoms with Crippen LogP contribution < -0.4 is 5.73 Å². The van der Waals surface area contributed by atoms with Crippen molar-refractivity contribution >= 4 is 27.5 Å². The van der Waals surface area contributed by atoms with Crippen LogP contribution in [0.25, 0.3) is 0 Å². The van der Waals surface area contributed by atoms with Gasteiger partial charge in [0.05, 0.1) is 28.8 Å². The molecule has 1 saturated heterocycles. The third kappa shape index (κ3) is 2.92. The van der Waals surface area contributed by atoms with Gasteiger partial charge < -0.3 is 15.4 Å². The Hall–Kier alpha value is -1.07. The highest BCUT2D eigenvalue weighted by atomic mass is 79.9. The minimum absolute atomic E-state index is 0.0150. The highest BCUT2D eigenvalue weighted by Gasteiger charge is 2.30. The van der Waals surface area contributed by atoms with Crippen LogP contribution >= 0.6 is 15.9 Å². The molecule has 0 aromatic heterocycles. The molecule has 1 aromatic rings. The molecule has 0 aliphatic carbocycles. The summed E-state index contributed by atoms with van der Waals surface area (Å²) in [6.07, 6.45) is 0.963. The van der Waals surface area contributed by atoms with Crippen molar-refractivity contribution in [2.45, 2.75) is 32.4 Å². The largest absolute Gasteiger partial charge is 0.398 e. The maximum Gasteiger partial charge on any atom is 0.255 e. The molecule has 0 radical (unpaired) electrons. The van der Waals surface area contributed by atoms with Crippen molar-refractivity contribution in [3.05, 3.63) is 28.2 Å². The van der Waals surface area contributed by atoms with Gasteiger partial charge in [-0.05, 0) is 41.4 Å². The van der Waals surface area contributed by atoms with Crippen molar-refractivity contribution in [2.75, 3.05) is 18.9 Å². The second-order valence-electron chi connectivity index (χ2n) is 4.87. The molecule has 2 rings (SSSR count). The molecule has 2 N–H and O–H groups in total. The van der Waals surface area contributed by atoms with Crippen molar-refractivity contribution < 1.29 is 9.53 Å². The third-order valence-corrected chi connectivity index (χ3v) is 4.34. The molecule has 1 amide bonds. The SMILES string of the molecule is CCC1COC(C)CN1C(=O)c1cccc(N)c1Br. The zero-order valence-corrected chi connectivity index (χ0v) is 12.8. The molecule has 2 atom stereocenters. The zero-order chi connectivity index (χ0) is 14.0. The van der Waals surface area contributed by atoms with Crippen LogP contribution in [0.4, 0.5) is 5.69 Å². The molecule has 0 spiro atoms. The van der Waals surface area contributed by atoms with E-state index < -0.39 is 0 Å². The highest BCUT2D eigenvalue weighted by molar-refractivity contribution is 9.10. The second kappa shape index (κ2) is 5.92. The number of carbonyl (C=O) groups excluding carboxylic acids is 1. The average Bonchev–Trinajstić information content (AvgIpc) is 2.41. The van der Waals surface area contributed by atoms with Gasteiger partial charge in [-0.2, -0.15) is 0 Å². The van der Waals surface area contributed by atoms with Gasteiger partial charge >= 0.3 is 0 Å². The molecule has 104 valence electrons. The summed E-state index contributed by atoms with van der Waals surface area (Å²) in [5.41, 5.74) is 7.04. The number of hydrogen-bond donors (Lipinski definition) is 1. The van der Waals surface area contributed by atoms with Crippen LogP contribution in [0.3, 0.4) is 0 Å². The lowest BCUT2D eigenvalue weighted by atomic mass is 10.1. The molecular formula is C14H19BrN2O2. The highest BCUT2D eigenvalue weighted by Crippen LogP contribution is 2.27. The minimum atomic E-state index is 0.0150. The summed E-state index contributed by atoms with van der Waals surface area (Å²) >= 11 is 3.40. The molecule has 1 aromatic carbocycles. The smallest absolute Gasteiger partial charge is 0.255 e. The van der Waals surface area contributed by atoms with Crippen molar-refractivity contribution in [1.29, 1.82) is 0 Å². The first kappa shape index (κ1) is 14.3. The first-order valence-corrected chi connectivity index (χ1v) is 7.30. The maximum absolute atomic E-state index is 12.7. The van der Waals surface area contributed by atoms with Crippen LogP contribution in [0.15, 0.2) is 22.7 Å². The number of nitrogen functional groups attached to an aromatic ring is 1. The van der Waals surface area contributed by atoms with E-state index >= 15 is 0 Å². The van der Waals surface area contributed by atoms with Crippen molar-refractivity contribution in [3.8, 4) is 0 Å². The Morgan fingerprint density at radius 1 is 1.58 bits per heavy atom. The first-order chi connectivity index (χ1) is 9.04. The lowest BCUT2D eigenvalue weighted by Crippen LogP contribution is -2.51. The van der Waals surface area contributed by atoms with Crippen LogP contribution in [-0.2, 0) is 4.74 Å². The summed E-state index contributed by atoms with van der Waals surface area (Å²) in [6, 6.07) is 5.52. The molecule has 1 heterocycles. The second-order valence-corrected chi connectivity index (χ2v) is 5.67. The average molecular weight is 327 g/mol. The zero-order valence-electron chi connectivity index (χ0n) is 11.2. The van der Waals surface area contributed by atoms with Crippen LogP contribution in [0.1, 0.15) is 30.6 Å². The van der Waals surface area contributed by atoms with Gasteiger partial charge in [0, 0.05) is 12.2 Å². The van der Waals surface area contributed by atoms with E-state index in [1.807, 2.05) is 11.8 Å². The number of rotatable bonds is 2. The Balaban J connectivity index is 2.28. The molecule has 2 unspecified atom stereocenters. The van der Waals surface area contributed by atoms with Crippen molar-refractivity contribution in [1.82, 2.24) is 4.90 Å². The van der Waals surface area contributed by atoms with Gasteiger partial charge in [0.1, 0.15) is 0 Å². The van der Waals surface area contributed by atoms with Crippen molar-refractivity contribution in [2.24, 2.45) is 0 Å². The van der Waals surface area contributed by atoms with E-state index in [1.165, 1.54) is 0 Å². The number of nitrogens with zero attached hydrogens (tertiary/aromatic N) is 1. The van der Waals surface area contributed by atoms with E-state index in [0.29, 0.717) is 28.9 Å². The van der Waals surface area contributed by atoms with Gasteiger partial charge in [0.15, 0.2) is 0 Å². The normalized spacial score (nSPS) is 23.4. The fourth-order valence-electron chi connectivity index (χ4n) is 2.30. The Morgan fingerprint density at radius 2 is 2.32 bits per heavy atom. The van der Waals surface area contributed by atoms with E-state index in [1.54, 1.807) is 18.2 Å². The Kier molecular flexibility index (Phi) is 4.47. The topological polar surface area (TPSA) is 55.6 Å². The predicted octanol–water partition coefficient (Wildman–Crippen LogP) is 2.67.